The van der Waals surface area contributed by atoms with Gasteiger partial charge in [0, 0.05) is 28.8 Å². The minimum atomic E-state index is -0.379. The summed E-state index contributed by atoms with van der Waals surface area (Å²) in [5.41, 5.74) is 2.56. The number of halogens is 1. The number of hydrogen-bond acceptors (Lipinski definition) is 3. The minimum Gasteiger partial charge on any atom is -0.457 e. The molecule has 1 aliphatic heterocycles. The van der Waals surface area contributed by atoms with E-state index in [-0.39, 0.29) is 24.2 Å². The maximum absolute atomic E-state index is 12.7. The molecule has 1 saturated heterocycles. The van der Waals surface area contributed by atoms with E-state index in [1.54, 1.807) is 29.2 Å². The van der Waals surface area contributed by atoms with Gasteiger partial charge >= 0.3 is 0 Å². The molecule has 30 heavy (non-hydrogen) atoms. The highest BCUT2D eigenvalue weighted by Crippen LogP contribution is 2.29. The van der Waals surface area contributed by atoms with Crippen molar-refractivity contribution in [2.45, 2.75) is 13.3 Å². The molecule has 1 fully saturated rings. The number of carbonyl (C=O) groups is 2. The van der Waals surface area contributed by atoms with Crippen LogP contribution in [-0.2, 0) is 9.59 Å². The summed E-state index contributed by atoms with van der Waals surface area (Å²) in [4.78, 5) is 26.9. The van der Waals surface area contributed by atoms with Gasteiger partial charge in [0.2, 0.25) is 11.8 Å². The molecule has 0 spiro atoms. The zero-order chi connectivity index (χ0) is 21.1. The molecule has 152 valence electrons. The van der Waals surface area contributed by atoms with E-state index >= 15 is 0 Å². The van der Waals surface area contributed by atoms with Crippen LogP contribution in [0.4, 0.5) is 11.4 Å². The van der Waals surface area contributed by atoms with Gasteiger partial charge in [-0.3, -0.25) is 9.59 Å². The average Bonchev–Trinajstić information content (AvgIpc) is 3.13. The number of para-hydroxylation sites is 1. The molecule has 0 bridgehead atoms. The fraction of sp³-hybridized carbons (Fsp3) is 0.167. The van der Waals surface area contributed by atoms with Gasteiger partial charge in [0.05, 0.1) is 5.92 Å². The molecule has 2 amide bonds. The van der Waals surface area contributed by atoms with Crippen molar-refractivity contribution < 1.29 is 14.3 Å². The third-order valence-corrected chi connectivity index (χ3v) is 5.60. The predicted octanol–water partition coefficient (Wildman–Crippen LogP) is 5.54. The third-order valence-electron chi connectivity index (χ3n) is 5.07. The van der Waals surface area contributed by atoms with E-state index in [0.29, 0.717) is 18.0 Å². The molecule has 0 aromatic heterocycles. The molecule has 0 saturated carbocycles. The average molecular weight is 465 g/mol. The highest BCUT2D eigenvalue weighted by molar-refractivity contribution is 9.10. The lowest BCUT2D eigenvalue weighted by Crippen LogP contribution is -2.28. The summed E-state index contributed by atoms with van der Waals surface area (Å²) in [6.07, 6.45) is 0.213. The number of nitrogens with zero attached hydrogens (tertiary/aromatic N) is 1. The van der Waals surface area contributed by atoms with Crippen molar-refractivity contribution in [1.29, 1.82) is 0 Å². The van der Waals surface area contributed by atoms with E-state index in [0.717, 1.165) is 21.5 Å². The summed E-state index contributed by atoms with van der Waals surface area (Å²) in [6, 6.07) is 22.5. The molecule has 1 N–H and O–H groups in total. The number of amides is 2. The van der Waals surface area contributed by atoms with E-state index in [1.807, 2.05) is 55.5 Å². The first-order chi connectivity index (χ1) is 14.5. The lowest BCUT2D eigenvalue weighted by molar-refractivity contribution is -0.122. The van der Waals surface area contributed by atoms with E-state index in [4.69, 9.17) is 4.74 Å². The van der Waals surface area contributed by atoms with Crippen LogP contribution in [0.3, 0.4) is 0 Å². The van der Waals surface area contributed by atoms with E-state index in [1.165, 1.54) is 0 Å². The van der Waals surface area contributed by atoms with Gasteiger partial charge in [-0.15, -0.1) is 0 Å². The standard InChI is InChI=1S/C24H21BrN2O3/c1-16-4-2-3-5-22(16)27-15-17(14-23(27)28)24(29)26-19-8-12-21(13-9-19)30-20-10-6-18(25)7-11-20/h2-13,17H,14-15H2,1H3,(H,26,29)/t17-/m0/s1. The quantitative estimate of drug-likeness (QED) is 0.538. The first kappa shape index (κ1) is 20.2. The lowest BCUT2D eigenvalue weighted by Gasteiger charge is -2.19. The summed E-state index contributed by atoms with van der Waals surface area (Å²) in [7, 11) is 0. The summed E-state index contributed by atoms with van der Waals surface area (Å²) >= 11 is 3.40. The number of benzene rings is 3. The first-order valence-corrected chi connectivity index (χ1v) is 10.5. The van der Waals surface area contributed by atoms with Crippen molar-refractivity contribution in [3.8, 4) is 11.5 Å². The van der Waals surface area contributed by atoms with E-state index in [2.05, 4.69) is 21.2 Å². The molecule has 3 aromatic carbocycles. The van der Waals surface area contributed by atoms with Crippen molar-refractivity contribution in [3.05, 3.63) is 82.8 Å². The van der Waals surface area contributed by atoms with Crippen LogP contribution >= 0.6 is 15.9 Å². The largest absolute Gasteiger partial charge is 0.457 e. The Bertz CT molecular complexity index is 1060. The molecule has 5 nitrogen and oxygen atoms in total. The van der Waals surface area contributed by atoms with Crippen LogP contribution in [0.2, 0.25) is 0 Å². The topological polar surface area (TPSA) is 58.6 Å². The first-order valence-electron chi connectivity index (χ1n) is 9.70. The number of nitrogens with one attached hydrogen (secondary N) is 1. The van der Waals surface area contributed by atoms with Gasteiger partial charge in [-0.05, 0) is 67.1 Å². The molecular weight excluding hydrogens is 444 g/mol. The second-order valence-electron chi connectivity index (χ2n) is 7.26. The molecule has 0 radical (unpaired) electrons. The fourth-order valence-electron chi connectivity index (χ4n) is 3.47. The Kier molecular flexibility index (Phi) is 5.86. The number of anilines is 2. The van der Waals surface area contributed by atoms with Gasteiger partial charge in [-0.25, -0.2) is 0 Å². The van der Waals surface area contributed by atoms with Gasteiger partial charge < -0.3 is 15.0 Å². The normalized spacial score (nSPS) is 15.9. The van der Waals surface area contributed by atoms with Crippen LogP contribution in [0.15, 0.2) is 77.3 Å². The van der Waals surface area contributed by atoms with Crippen LogP contribution in [0.1, 0.15) is 12.0 Å². The Morgan fingerprint density at radius 2 is 1.63 bits per heavy atom. The monoisotopic (exact) mass is 464 g/mol. The number of rotatable bonds is 5. The molecule has 1 atom stereocenters. The Labute approximate surface area is 183 Å². The Balaban J connectivity index is 1.37. The Hall–Kier alpha value is -3.12. The summed E-state index contributed by atoms with van der Waals surface area (Å²) in [6.45, 7) is 2.36. The maximum atomic E-state index is 12.7. The second kappa shape index (κ2) is 8.71. The van der Waals surface area contributed by atoms with Crippen molar-refractivity contribution in [3.63, 3.8) is 0 Å². The summed E-state index contributed by atoms with van der Waals surface area (Å²) < 4.78 is 6.78. The predicted molar refractivity (Wildman–Crippen MR) is 121 cm³/mol. The van der Waals surface area contributed by atoms with Crippen LogP contribution in [0.25, 0.3) is 0 Å². The van der Waals surface area contributed by atoms with Gasteiger partial charge in [-0.1, -0.05) is 34.1 Å². The van der Waals surface area contributed by atoms with Crippen LogP contribution in [0.5, 0.6) is 11.5 Å². The zero-order valence-corrected chi connectivity index (χ0v) is 18.1. The van der Waals surface area contributed by atoms with E-state index in [9.17, 15) is 9.59 Å². The number of ether oxygens (including phenoxy) is 1. The smallest absolute Gasteiger partial charge is 0.229 e. The van der Waals surface area contributed by atoms with Gasteiger partial charge in [-0.2, -0.15) is 0 Å². The maximum Gasteiger partial charge on any atom is 0.229 e. The van der Waals surface area contributed by atoms with Crippen molar-refractivity contribution >= 4 is 39.1 Å². The van der Waals surface area contributed by atoms with Crippen molar-refractivity contribution in [2.24, 2.45) is 5.92 Å². The Morgan fingerprint density at radius 1 is 1.00 bits per heavy atom. The van der Waals surface area contributed by atoms with Gasteiger partial charge in [0.1, 0.15) is 11.5 Å². The van der Waals surface area contributed by atoms with Gasteiger partial charge in [0.15, 0.2) is 0 Å². The molecule has 0 aliphatic carbocycles. The van der Waals surface area contributed by atoms with E-state index < -0.39 is 0 Å². The molecule has 3 aromatic rings. The number of hydrogen-bond donors (Lipinski definition) is 1. The summed E-state index contributed by atoms with van der Waals surface area (Å²) in [5, 5.41) is 2.91. The van der Waals surface area contributed by atoms with Gasteiger partial charge in [0.25, 0.3) is 0 Å². The molecular formula is C24H21BrN2O3. The van der Waals surface area contributed by atoms with Crippen LogP contribution < -0.4 is 15.0 Å². The zero-order valence-electron chi connectivity index (χ0n) is 16.5. The number of aryl methyl sites for hydroxylation is 1. The fourth-order valence-corrected chi connectivity index (χ4v) is 3.74. The van der Waals surface area contributed by atoms with Crippen molar-refractivity contribution in [2.75, 3.05) is 16.8 Å². The van der Waals surface area contributed by atoms with Crippen LogP contribution in [0, 0.1) is 12.8 Å². The number of carbonyl (C=O) groups excluding carboxylic acids is 2. The molecule has 0 unspecified atom stereocenters. The summed E-state index contributed by atoms with van der Waals surface area (Å²) in [5.74, 6) is 0.854. The minimum absolute atomic E-state index is 0.0253. The highest BCUT2D eigenvalue weighted by Gasteiger charge is 2.35. The highest BCUT2D eigenvalue weighted by atomic mass is 79.9. The molecule has 1 aliphatic rings. The van der Waals surface area contributed by atoms with Crippen molar-refractivity contribution in [1.82, 2.24) is 0 Å². The molecule has 6 heteroatoms. The second-order valence-corrected chi connectivity index (χ2v) is 8.18. The molecule has 4 rings (SSSR count). The SMILES string of the molecule is Cc1ccccc1N1C[C@@H](C(=O)Nc2ccc(Oc3ccc(Br)cc3)cc2)CC1=O. The third kappa shape index (κ3) is 4.54. The van der Waals surface area contributed by atoms with Crippen LogP contribution in [-0.4, -0.2) is 18.4 Å². The Morgan fingerprint density at radius 3 is 2.30 bits per heavy atom. The molecule has 1 heterocycles. The lowest BCUT2D eigenvalue weighted by atomic mass is 10.1.